The second-order valence-corrected chi connectivity index (χ2v) is 6.49. The maximum Gasteiger partial charge on any atom is 0.242 e. The number of fused-ring (bicyclic) bond motifs is 1. The predicted molar refractivity (Wildman–Crippen MR) is 88.9 cm³/mol. The van der Waals surface area contributed by atoms with Crippen LogP contribution in [-0.2, 0) is 22.6 Å². The summed E-state index contributed by atoms with van der Waals surface area (Å²) in [5.41, 5.74) is 2.80. The van der Waals surface area contributed by atoms with E-state index < -0.39 is 0 Å². The van der Waals surface area contributed by atoms with E-state index in [0.717, 1.165) is 17.7 Å². The standard InChI is InChI=1S/C18H19FN4O2/c19-14-5-2-1-4-12(14)18-13-10-23(9-7-15(13)20-21-18)17(25)11-22-8-3-6-16(22)24/h1-2,4-5H,3,6-11H2,(H,20,21). The lowest BCUT2D eigenvalue weighted by Crippen LogP contribution is -2.43. The molecule has 2 amide bonds. The lowest BCUT2D eigenvalue weighted by atomic mass is 10.0. The summed E-state index contributed by atoms with van der Waals surface area (Å²) in [5, 5.41) is 7.24. The largest absolute Gasteiger partial charge is 0.336 e. The highest BCUT2D eigenvalue weighted by molar-refractivity contribution is 5.86. The van der Waals surface area contributed by atoms with Gasteiger partial charge in [0.25, 0.3) is 0 Å². The van der Waals surface area contributed by atoms with Crippen LogP contribution in [0.4, 0.5) is 4.39 Å². The van der Waals surface area contributed by atoms with Crippen LogP contribution >= 0.6 is 0 Å². The molecule has 0 bridgehead atoms. The number of carbonyl (C=O) groups excluding carboxylic acids is 2. The van der Waals surface area contributed by atoms with Gasteiger partial charge in [0, 0.05) is 49.3 Å². The van der Waals surface area contributed by atoms with Crippen LogP contribution in [0.1, 0.15) is 24.1 Å². The van der Waals surface area contributed by atoms with E-state index in [2.05, 4.69) is 10.2 Å². The molecule has 1 saturated heterocycles. The smallest absolute Gasteiger partial charge is 0.242 e. The third-order valence-electron chi connectivity index (χ3n) is 4.91. The van der Waals surface area contributed by atoms with E-state index in [9.17, 15) is 14.0 Å². The molecule has 0 spiro atoms. The quantitative estimate of drug-likeness (QED) is 0.923. The molecule has 7 heteroatoms. The maximum atomic E-state index is 14.1. The Morgan fingerprint density at radius 1 is 1.24 bits per heavy atom. The van der Waals surface area contributed by atoms with Crippen molar-refractivity contribution in [2.75, 3.05) is 19.6 Å². The number of amides is 2. The molecule has 0 saturated carbocycles. The van der Waals surface area contributed by atoms with Gasteiger partial charge in [-0.15, -0.1) is 0 Å². The van der Waals surface area contributed by atoms with Gasteiger partial charge in [0.15, 0.2) is 0 Å². The summed E-state index contributed by atoms with van der Waals surface area (Å²) in [6.45, 7) is 1.74. The van der Waals surface area contributed by atoms with E-state index in [4.69, 9.17) is 0 Å². The van der Waals surface area contributed by atoms with Crippen molar-refractivity contribution in [3.05, 3.63) is 41.3 Å². The molecule has 2 aromatic rings. The molecule has 0 unspecified atom stereocenters. The Balaban J connectivity index is 1.55. The molecule has 1 aromatic carbocycles. The van der Waals surface area contributed by atoms with Gasteiger partial charge < -0.3 is 9.80 Å². The van der Waals surface area contributed by atoms with Crippen LogP contribution in [0.15, 0.2) is 24.3 Å². The van der Waals surface area contributed by atoms with Crippen LogP contribution in [0, 0.1) is 5.82 Å². The third-order valence-corrected chi connectivity index (χ3v) is 4.91. The summed E-state index contributed by atoms with van der Waals surface area (Å²) in [7, 11) is 0. The first-order chi connectivity index (χ1) is 12.1. The van der Waals surface area contributed by atoms with E-state index in [1.54, 1.807) is 28.0 Å². The van der Waals surface area contributed by atoms with Gasteiger partial charge in [0.2, 0.25) is 11.8 Å². The molecule has 1 aromatic heterocycles. The Morgan fingerprint density at radius 3 is 2.84 bits per heavy atom. The fraction of sp³-hybridized carbons (Fsp3) is 0.389. The first-order valence-corrected chi connectivity index (χ1v) is 8.50. The molecule has 130 valence electrons. The van der Waals surface area contributed by atoms with Crippen LogP contribution in [0.2, 0.25) is 0 Å². The molecule has 6 nitrogen and oxygen atoms in total. The van der Waals surface area contributed by atoms with Crippen LogP contribution in [0.5, 0.6) is 0 Å². The molecule has 0 atom stereocenters. The van der Waals surface area contributed by atoms with Gasteiger partial charge >= 0.3 is 0 Å². The molecule has 1 N–H and O–H groups in total. The van der Waals surface area contributed by atoms with Gasteiger partial charge in [0.1, 0.15) is 11.5 Å². The Labute approximate surface area is 144 Å². The molecule has 0 radical (unpaired) electrons. The van der Waals surface area contributed by atoms with E-state index in [0.29, 0.717) is 43.7 Å². The lowest BCUT2D eigenvalue weighted by Gasteiger charge is -2.29. The topological polar surface area (TPSA) is 69.3 Å². The molecule has 2 aliphatic heterocycles. The van der Waals surface area contributed by atoms with Crippen molar-refractivity contribution in [1.82, 2.24) is 20.0 Å². The third kappa shape index (κ3) is 2.90. The zero-order valence-electron chi connectivity index (χ0n) is 13.8. The van der Waals surface area contributed by atoms with Crippen molar-refractivity contribution in [2.45, 2.75) is 25.8 Å². The lowest BCUT2D eigenvalue weighted by molar-refractivity contribution is -0.138. The number of halogens is 1. The number of hydrogen-bond acceptors (Lipinski definition) is 3. The van der Waals surface area contributed by atoms with Gasteiger partial charge in [-0.1, -0.05) is 12.1 Å². The Bertz CT molecular complexity index is 832. The van der Waals surface area contributed by atoms with Gasteiger partial charge in [-0.3, -0.25) is 14.7 Å². The monoisotopic (exact) mass is 342 g/mol. The zero-order chi connectivity index (χ0) is 17.4. The minimum absolute atomic E-state index is 0.0430. The molecule has 3 heterocycles. The molecule has 2 aliphatic rings. The highest BCUT2D eigenvalue weighted by Crippen LogP contribution is 2.30. The van der Waals surface area contributed by atoms with Crippen LogP contribution in [0.3, 0.4) is 0 Å². The number of hydrogen-bond donors (Lipinski definition) is 1. The summed E-state index contributed by atoms with van der Waals surface area (Å²) < 4.78 is 14.1. The number of benzene rings is 1. The first kappa shape index (κ1) is 15.8. The minimum Gasteiger partial charge on any atom is -0.336 e. The number of rotatable bonds is 3. The van der Waals surface area contributed by atoms with E-state index in [1.165, 1.54) is 6.07 Å². The second-order valence-electron chi connectivity index (χ2n) is 6.49. The van der Waals surface area contributed by atoms with Crippen molar-refractivity contribution in [2.24, 2.45) is 0 Å². The SMILES string of the molecule is O=C1CCCN1CC(=O)N1CCc2[nH]nc(-c3ccccc3F)c2C1. The molecular weight excluding hydrogens is 323 g/mol. The summed E-state index contributed by atoms with van der Waals surface area (Å²) in [6.07, 6.45) is 1.99. The molecular formula is C18H19FN4O2. The van der Waals surface area contributed by atoms with Crippen molar-refractivity contribution >= 4 is 11.8 Å². The summed E-state index contributed by atoms with van der Waals surface area (Å²) in [5.74, 6) is -0.356. The number of aromatic amines is 1. The molecule has 4 rings (SSSR count). The number of nitrogens with zero attached hydrogens (tertiary/aromatic N) is 3. The second kappa shape index (κ2) is 6.31. The van der Waals surface area contributed by atoms with Crippen LogP contribution in [-0.4, -0.2) is 51.4 Å². The van der Waals surface area contributed by atoms with Gasteiger partial charge in [0.05, 0.1) is 6.54 Å². The van der Waals surface area contributed by atoms with Crippen molar-refractivity contribution < 1.29 is 14.0 Å². The summed E-state index contributed by atoms with van der Waals surface area (Å²) in [4.78, 5) is 27.6. The van der Waals surface area contributed by atoms with Crippen molar-refractivity contribution in [1.29, 1.82) is 0 Å². The number of aromatic nitrogens is 2. The van der Waals surface area contributed by atoms with Gasteiger partial charge in [-0.05, 0) is 18.6 Å². The highest BCUT2D eigenvalue weighted by atomic mass is 19.1. The Morgan fingerprint density at radius 2 is 2.08 bits per heavy atom. The molecule has 25 heavy (non-hydrogen) atoms. The van der Waals surface area contributed by atoms with Crippen LogP contribution in [0.25, 0.3) is 11.3 Å². The minimum atomic E-state index is -0.331. The summed E-state index contributed by atoms with van der Waals surface area (Å²) >= 11 is 0. The maximum absolute atomic E-state index is 14.1. The number of likely N-dealkylation sites (tertiary alicyclic amines) is 1. The van der Waals surface area contributed by atoms with E-state index in [-0.39, 0.29) is 24.2 Å². The summed E-state index contributed by atoms with van der Waals surface area (Å²) in [6, 6.07) is 6.50. The molecule has 0 aliphatic carbocycles. The number of nitrogens with one attached hydrogen (secondary N) is 1. The average molecular weight is 342 g/mol. The number of H-pyrrole nitrogens is 1. The first-order valence-electron chi connectivity index (χ1n) is 8.50. The van der Waals surface area contributed by atoms with E-state index >= 15 is 0 Å². The Hall–Kier alpha value is -2.70. The fourth-order valence-corrected chi connectivity index (χ4v) is 3.52. The predicted octanol–water partition coefficient (Wildman–Crippen LogP) is 1.72. The van der Waals surface area contributed by atoms with Crippen LogP contribution < -0.4 is 0 Å². The Kier molecular flexibility index (Phi) is 3.99. The van der Waals surface area contributed by atoms with Gasteiger partial charge in [-0.25, -0.2) is 4.39 Å². The number of carbonyl (C=O) groups is 2. The highest BCUT2D eigenvalue weighted by Gasteiger charge is 2.29. The average Bonchev–Trinajstić information content (AvgIpc) is 3.21. The molecule has 1 fully saturated rings. The van der Waals surface area contributed by atoms with E-state index in [1.807, 2.05) is 0 Å². The zero-order valence-corrected chi connectivity index (χ0v) is 13.8. The van der Waals surface area contributed by atoms with Crippen molar-refractivity contribution in [3.63, 3.8) is 0 Å². The fourth-order valence-electron chi connectivity index (χ4n) is 3.52. The van der Waals surface area contributed by atoms with Crippen molar-refractivity contribution in [3.8, 4) is 11.3 Å². The normalized spacial score (nSPS) is 17.1. The van der Waals surface area contributed by atoms with Gasteiger partial charge in [-0.2, -0.15) is 5.10 Å².